The number of hydrogen-bond donors (Lipinski definition) is 1. The van der Waals surface area contributed by atoms with Gasteiger partial charge in [-0.05, 0) is 0 Å². The molecule has 1 radical (unpaired) electrons. The minimum Gasteiger partial charge on any atom is -0.857 e. The largest absolute Gasteiger partial charge is 3.00 e. The van der Waals surface area contributed by atoms with E-state index in [1.807, 2.05) is 0 Å². The average Bonchev–Trinajstić information content (AvgIpc) is 2.97. The summed E-state index contributed by atoms with van der Waals surface area (Å²) in [5, 5.41) is 24.0. The number of aryl methyl sites for hydroxylation is 2. The molecule has 0 spiro atoms. The molecule has 0 aromatic heterocycles. The van der Waals surface area contributed by atoms with Crippen LogP contribution in [0.5, 0.6) is 0 Å². The molecule has 0 unspecified atom stereocenters. The van der Waals surface area contributed by atoms with Gasteiger partial charge in [0.2, 0.25) is 0 Å². The van der Waals surface area contributed by atoms with Gasteiger partial charge in [0, 0.05) is 5.92 Å². The number of terminal acetylenes is 1. The second kappa shape index (κ2) is 14.6. The second-order valence-electron chi connectivity index (χ2n) is 5.02. The summed E-state index contributed by atoms with van der Waals surface area (Å²) in [7, 11) is 1.50. The molecule has 2 aliphatic carbocycles. The summed E-state index contributed by atoms with van der Waals surface area (Å²) >= 11 is 0. The zero-order valence-electron chi connectivity index (χ0n) is 14.0. The monoisotopic (exact) mass is 353 g/mol. The van der Waals surface area contributed by atoms with E-state index >= 15 is 0 Å². The standard InChI is InChI=1S/C13H17.C3H2O2.2CH3O.Ti/c1-3-7-12-10(5-1)9-11-6-2-4-8-13(11)12;1-2-3(4)5;2*1-2;/h9H,1-8H2;1H,(H,4,5);2*1H3;/q-1;;2*-1;+3. The van der Waals surface area contributed by atoms with Gasteiger partial charge in [-0.3, -0.25) is 0 Å². The van der Waals surface area contributed by atoms with Gasteiger partial charge in [-0.2, -0.15) is 42.5 Å². The molecule has 0 amide bonds. The van der Waals surface area contributed by atoms with Gasteiger partial charge in [0.15, 0.2) is 0 Å². The van der Waals surface area contributed by atoms with Crippen LogP contribution in [-0.4, -0.2) is 25.3 Å². The van der Waals surface area contributed by atoms with Crippen LogP contribution in [0.2, 0.25) is 0 Å². The molecule has 0 aliphatic heterocycles. The Kier molecular flexibility index (Phi) is 15.4. The van der Waals surface area contributed by atoms with Crippen molar-refractivity contribution in [3.63, 3.8) is 0 Å². The first-order valence-corrected chi connectivity index (χ1v) is 7.52. The minimum atomic E-state index is -1.22. The third-order valence-corrected chi connectivity index (χ3v) is 3.86. The fourth-order valence-electron chi connectivity index (χ4n) is 3.08. The molecular weight excluding hydrogens is 328 g/mol. The van der Waals surface area contributed by atoms with Gasteiger partial charge in [-0.1, -0.05) is 51.4 Å². The molecule has 0 saturated heterocycles. The molecule has 4 nitrogen and oxygen atoms in total. The summed E-state index contributed by atoms with van der Waals surface area (Å²) in [5.41, 5.74) is 6.94. The van der Waals surface area contributed by atoms with Crippen molar-refractivity contribution in [2.24, 2.45) is 0 Å². The summed E-state index contributed by atoms with van der Waals surface area (Å²) in [4.78, 5) is 9.13. The van der Waals surface area contributed by atoms with Crippen LogP contribution >= 0.6 is 0 Å². The SMILES string of the molecule is C#CC(=O)O.C[O-].C[O-].[Ti+3].[cH-]1c2c(c3c1CCCC3)CCCC2. The van der Waals surface area contributed by atoms with Crippen LogP contribution in [0.3, 0.4) is 0 Å². The van der Waals surface area contributed by atoms with Gasteiger partial charge < -0.3 is 15.3 Å². The molecule has 5 heteroatoms. The van der Waals surface area contributed by atoms with Gasteiger partial charge in [-0.15, -0.1) is 6.42 Å². The van der Waals surface area contributed by atoms with E-state index in [0.29, 0.717) is 0 Å². The van der Waals surface area contributed by atoms with E-state index in [2.05, 4.69) is 12.5 Å². The average molecular weight is 353 g/mol. The molecule has 0 bridgehead atoms. The topological polar surface area (TPSA) is 83.4 Å². The number of rotatable bonds is 0. The second-order valence-corrected chi connectivity index (χ2v) is 5.02. The molecule has 1 aromatic rings. The molecule has 0 heterocycles. The van der Waals surface area contributed by atoms with Crippen molar-refractivity contribution >= 4 is 5.97 Å². The zero-order valence-corrected chi connectivity index (χ0v) is 15.5. The first-order valence-electron chi connectivity index (χ1n) is 7.52. The molecule has 1 aromatic carbocycles. The Morgan fingerprint density at radius 3 is 1.57 bits per heavy atom. The zero-order chi connectivity index (χ0) is 17.0. The van der Waals surface area contributed by atoms with E-state index in [9.17, 15) is 0 Å². The number of carboxylic acids is 1. The van der Waals surface area contributed by atoms with Crippen molar-refractivity contribution < 1.29 is 41.8 Å². The van der Waals surface area contributed by atoms with E-state index in [4.69, 9.17) is 20.1 Å². The quantitative estimate of drug-likeness (QED) is 0.425. The normalized spacial score (nSPS) is 13.5. The van der Waals surface area contributed by atoms with Crippen molar-refractivity contribution in [3.8, 4) is 12.3 Å². The first-order chi connectivity index (χ1) is 10.7. The van der Waals surface area contributed by atoms with Crippen molar-refractivity contribution in [2.75, 3.05) is 14.2 Å². The van der Waals surface area contributed by atoms with Crippen LogP contribution in [0.1, 0.15) is 47.9 Å². The minimum absolute atomic E-state index is 0. The molecule has 23 heavy (non-hydrogen) atoms. The van der Waals surface area contributed by atoms with Crippen molar-refractivity contribution in [2.45, 2.75) is 51.4 Å². The number of carboxylic acid groups (broad SMARTS) is 1. The van der Waals surface area contributed by atoms with Gasteiger partial charge in [0.1, 0.15) is 0 Å². The Morgan fingerprint density at radius 1 is 0.957 bits per heavy atom. The van der Waals surface area contributed by atoms with E-state index in [1.54, 1.807) is 22.3 Å². The maximum Gasteiger partial charge on any atom is 3.00 e. The number of hydrogen-bond acceptors (Lipinski definition) is 3. The van der Waals surface area contributed by atoms with Crippen molar-refractivity contribution in [1.82, 2.24) is 0 Å². The molecule has 0 fully saturated rings. The van der Waals surface area contributed by atoms with Gasteiger partial charge in [0.05, 0.1) is 0 Å². The van der Waals surface area contributed by atoms with Gasteiger partial charge >= 0.3 is 27.7 Å². The molecule has 1 N–H and O–H groups in total. The smallest absolute Gasteiger partial charge is 0.857 e. The molecular formula is C18H25O4Ti. The maximum absolute atomic E-state index is 9.13. The van der Waals surface area contributed by atoms with Crippen molar-refractivity contribution in [3.05, 3.63) is 28.3 Å². The molecule has 125 valence electrons. The van der Waals surface area contributed by atoms with E-state index in [-0.39, 0.29) is 21.7 Å². The number of carbonyl (C=O) groups is 1. The van der Waals surface area contributed by atoms with Crippen molar-refractivity contribution in [1.29, 1.82) is 0 Å². The maximum atomic E-state index is 9.13. The molecule has 3 rings (SSSR count). The summed E-state index contributed by atoms with van der Waals surface area (Å²) in [6.45, 7) is 0. The van der Waals surface area contributed by atoms with Crippen LogP contribution in [0, 0.1) is 12.3 Å². The molecule has 0 atom stereocenters. The van der Waals surface area contributed by atoms with E-state index in [0.717, 1.165) is 14.2 Å². The Labute approximate surface area is 154 Å². The molecule has 2 aliphatic rings. The van der Waals surface area contributed by atoms with E-state index in [1.165, 1.54) is 57.3 Å². The Morgan fingerprint density at radius 2 is 1.26 bits per heavy atom. The predicted molar refractivity (Wildman–Crippen MR) is 83.6 cm³/mol. The predicted octanol–water partition coefficient (Wildman–Crippen LogP) is 0.818. The summed E-state index contributed by atoms with van der Waals surface area (Å²) in [6, 6.07) is 2.52. The van der Waals surface area contributed by atoms with Gasteiger partial charge in [0.25, 0.3) is 0 Å². The Hall–Kier alpha value is -0.986. The Bertz CT molecular complexity index is 455. The Balaban J connectivity index is 0. The third-order valence-electron chi connectivity index (χ3n) is 3.86. The first kappa shape index (κ1) is 24.3. The summed E-state index contributed by atoms with van der Waals surface area (Å²) in [6.07, 6.45) is 15.5. The third kappa shape index (κ3) is 7.90. The number of fused-ring (bicyclic) bond motifs is 3. The van der Waals surface area contributed by atoms with Gasteiger partial charge in [-0.25, -0.2) is 4.79 Å². The fourth-order valence-corrected chi connectivity index (χ4v) is 3.08. The van der Waals surface area contributed by atoms with Crippen LogP contribution in [0.4, 0.5) is 0 Å². The summed E-state index contributed by atoms with van der Waals surface area (Å²) in [5.74, 6) is 0.227. The molecule has 0 saturated carbocycles. The fraction of sp³-hybridized carbons (Fsp3) is 0.556. The number of aliphatic carboxylic acids is 1. The summed E-state index contributed by atoms with van der Waals surface area (Å²) < 4.78 is 0. The van der Waals surface area contributed by atoms with Crippen LogP contribution < -0.4 is 10.2 Å². The van der Waals surface area contributed by atoms with Crippen LogP contribution in [0.15, 0.2) is 6.07 Å². The van der Waals surface area contributed by atoms with Crippen LogP contribution in [0.25, 0.3) is 0 Å². The van der Waals surface area contributed by atoms with E-state index < -0.39 is 5.97 Å². The van der Waals surface area contributed by atoms with Crippen LogP contribution in [-0.2, 0) is 52.2 Å².